The number of hydrogen-bond acceptors (Lipinski definition) is 4. The van der Waals surface area contributed by atoms with Gasteiger partial charge in [0.25, 0.3) is 0 Å². The lowest BCUT2D eigenvalue weighted by atomic mass is 10.1. The minimum Gasteiger partial charge on any atom is -0.478 e. The molecular weight excluding hydrogens is 407 g/mol. The summed E-state index contributed by atoms with van der Waals surface area (Å²) in [6.07, 6.45) is -1.34. The maximum Gasteiger partial charge on any atom is 0.490 e. The number of rotatable bonds is 6. The average Bonchev–Trinajstić information content (AvgIpc) is 2.68. The van der Waals surface area contributed by atoms with E-state index in [0.29, 0.717) is 6.54 Å². The molecule has 30 heavy (non-hydrogen) atoms. The number of hydrogen-bond donors (Lipinski definition) is 4. The molecule has 0 radical (unpaired) electrons. The van der Waals surface area contributed by atoms with Crippen molar-refractivity contribution in [1.29, 1.82) is 0 Å². The lowest BCUT2D eigenvalue weighted by molar-refractivity contribution is -0.192. The number of amides is 2. The van der Waals surface area contributed by atoms with Gasteiger partial charge < -0.3 is 20.8 Å². The molecule has 1 heterocycles. The predicted molar refractivity (Wildman–Crippen MR) is 102 cm³/mol. The first kappa shape index (κ1) is 25.0. The van der Waals surface area contributed by atoms with E-state index in [1.807, 2.05) is 6.08 Å². The highest BCUT2D eigenvalue weighted by Crippen LogP contribution is 2.13. The highest BCUT2D eigenvalue weighted by atomic mass is 19.4. The zero-order valence-corrected chi connectivity index (χ0v) is 16.1. The molecule has 1 fully saturated rings. The Bertz CT molecular complexity index is 747. The van der Waals surface area contributed by atoms with Crippen LogP contribution in [0.2, 0.25) is 0 Å². The fraction of sp³-hybridized carbons (Fsp3) is 0.421. The number of carboxylic acid groups (broad SMARTS) is 2. The second-order valence-corrected chi connectivity index (χ2v) is 6.50. The van der Waals surface area contributed by atoms with Crippen LogP contribution < -0.4 is 10.6 Å². The number of aliphatic carboxylic acids is 1. The van der Waals surface area contributed by atoms with Crippen LogP contribution in [0.1, 0.15) is 28.8 Å². The van der Waals surface area contributed by atoms with Crippen LogP contribution in [0.3, 0.4) is 0 Å². The van der Waals surface area contributed by atoms with Crippen LogP contribution in [-0.4, -0.2) is 64.9 Å². The Morgan fingerprint density at radius 2 is 1.80 bits per heavy atom. The molecule has 1 aromatic carbocycles. The molecule has 2 amide bonds. The number of likely N-dealkylation sites (tertiary alicyclic amines) is 1. The summed E-state index contributed by atoms with van der Waals surface area (Å²) in [6.45, 7) is 6.84. The van der Waals surface area contributed by atoms with Gasteiger partial charge in [0, 0.05) is 32.2 Å². The summed E-state index contributed by atoms with van der Waals surface area (Å²) in [6, 6.07) is 6.53. The van der Waals surface area contributed by atoms with E-state index in [1.54, 1.807) is 18.2 Å². The van der Waals surface area contributed by atoms with Crippen LogP contribution in [0.25, 0.3) is 0 Å². The number of benzene rings is 1. The minimum atomic E-state index is -5.08. The lowest BCUT2D eigenvalue weighted by Gasteiger charge is -2.31. The molecule has 2 rings (SSSR count). The quantitative estimate of drug-likeness (QED) is 0.514. The maximum atomic E-state index is 11.9. The van der Waals surface area contributed by atoms with Crippen molar-refractivity contribution in [2.24, 2.45) is 0 Å². The van der Waals surface area contributed by atoms with Crippen LogP contribution in [0, 0.1) is 0 Å². The van der Waals surface area contributed by atoms with Gasteiger partial charge in [-0.2, -0.15) is 13.2 Å². The Hall–Kier alpha value is -3.08. The number of halogens is 3. The monoisotopic (exact) mass is 431 g/mol. The normalized spacial score (nSPS) is 14.8. The number of alkyl halides is 3. The average molecular weight is 431 g/mol. The SMILES string of the molecule is C=CCN1CCC(NC(=O)NCc2cccc(C(=O)O)c2)CC1.O=C(O)C(F)(F)F. The second-order valence-electron chi connectivity index (χ2n) is 6.50. The van der Waals surface area contributed by atoms with Crippen molar-refractivity contribution in [3.63, 3.8) is 0 Å². The zero-order chi connectivity index (χ0) is 22.7. The number of nitrogens with zero attached hydrogens (tertiary/aromatic N) is 1. The van der Waals surface area contributed by atoms with E-state index in [1.165, 1.54) is 6.07 Å². The number of carbonyl (C=O) groups excluding carboxylic acids is 1. The third kappa shape index (κ3) is 9.41. The van der Waals surface area contributed by atoms with Crippen molar-refractivity contribution in [3.05, 3.63) is 48.0 Å². The van der Waals surface area contributed by atoms with Crippen molar-refractivity contribution < 1.29 is 37.8 Å². The third-order valence-electron chi connectivity index (χ3n) is 4.18. The molecule has 1 aliphatic rings. The summed E-state index contributed by atoms with van der Waals surface area (Å²) in [5.74, 6) is -3.73. The Kier molecular flexibility index (Phi) is 9.82. The Morgan fingerprint density at radius 3 is 2.30 bits per heavy atom. The molecule has 0 spiro atoms. The summed E-state index contributed by atoms with van der Waals surface area (Å²) in [5, 5.41) is 21.8. The van der Waals surface area contributed by atoms with Gasteiger partial charge in [0.05, 0.1) is 5.56 Å². The van der Waals surface area contributed by atoms with E-state index < -0.39 is 18.1 Å². The molecule has 1 aliphatic heterocycles. The van der Waals surface area contributed by atoms with Gasteiger partial charge in [0.1, 0.15) is 0 Å². The molecule has 8 nitrogen and oxygen atoms in total. The van der Waals surface area contributed by atoms with Gasteiger partial charge in [-0.3, -0.25) is 4.90 Å². The highest BCUT2D eigenvalue weighted by molar-refractivity contribution is 5.87. The Labute approximate surface area is 171 Å². The van der Waals surface area contributed by atoms with E-state index in [2.05, 4.69) is 22.1 Å². The van der Waals surface area contributed by atoms with Gasteiger partial charge in [-0.05, 0) is 30.5 Å². The Balaban J connectivity index is 0.000000553. The summed E-state index contributed by atoms with van der Waals surface area (Å²) in [5.41, 5.74) is 0.986. The molecule has 0 aromatic heterocycles. The molecule has 166 valence electrons. The van der Waals surface area contributed by atoms with E-state index in [9.17, 15) is 22.8 Å². The van der Waals surface area contributed by atoms with Gasteiger partial charge in [-0.1, -0.05) is 18.2 Å². The molecule has 4 N–H and O–H groups in total. The number of aromatic carboxylic acids is 1. The number of carboxylic acids is 2. The number of carbonyl (C=O) groups is 3. The van der Waals surface area contributed by atoms with E-state index >= 15 is 0 Å². The third-order valence-corrected chi connectivity index (χ3v) is 4.18. The van der Waals surface area contributed by atoms with Gasteiger partial charge in [0.15, 0.2) is 0 Å². The van der Waals surface area contributed by atoms with Crippen molar-refractivity contribution in [3.8, 4) is 0 Å². The van der Waals surface area contributed by atoms with Crippen LogP contribution in [0.4, 0.5) is 18.0 Å². The molecule has 1 saturated heterocycles. The van der Waals surface area contributed by atoms with E-state index in [4.69, 9.17) is 15.0 Å². The summed E-state index contributed by atoms with van der Waals surface area (Å²) in [4.78, 5) is 34.1. The largest absolute Gasteiger partial charge is 0.490 e. The summed E-state index contributed by atoms with van der Waals surface area (Å²) < 4.78 is 31.7. The molecule has 0 saturated carbocycles. The summed E-state index contributed by atoms with van der Waals surface area (Å²) in [7, 11) is 0. The summed E-state index contributed by atoms with van der Waals surface area (Å²) >= 11 is 0. The van der Waals surface area contributed by atoms with Crippen LogP contribution in [-0.2, 0) is 11.3 Å². The molecule has 0 atom stereocenters. The van der Waals surface area contributed by atoms with Crippen molar-refractivity contribution in [2.45, 2.75) is 31.6 Å². The molecule has 0 unspecified atom stereocenters. The first-order valence-electron chi connectivity index (χ1n) is 9.03. The van der Waals surface area contributed by atoms with Crippen molar-refractivity contribution in [2.75, 3.05) is 19.6 Å². The first-order chi connectivity index (χ1) is 14.0. The van der Waals surface area contributed by atoms with Crippen LogP contribution in [0.5, 0.6) is 0 Å². The molecule has 1 aromatic rings. The van der Waals surface area contributed by atoms with Crippen molar-refractivity contribution in [1.82, 2.24) is 15.5 Å². The minimum absolute atomic E-state index is 0.182. The zero-order valence-electron chi connectivity index (χ0n) is 16.1. The van der Waals surface area contributed by atoms with E-state index in [-0.39, 0.29) is 17.6 Å². The smallest absolute Gasteiger partial charge is 0.478 e. The predicted octanol–water partition coefficient (Wildman–Crippen LogP) is 2.47. The molecule has 0 bridgehead atoms. The number of nitrogens with one attached hydrogen (secondary N) is 2. The fourth-order valence-corrected chi connectivity index (χ4v) is 2.68. The molecular formula is C19H24F3N3O5. The highest BCUT2D eigenvalue weighted by Gasteiger charge is 2.38. The molecule has 11 heteroatoms. The Morgan fingerprint density at radius 1 is 1.20 bits per heavy atom. The fourth-order valence-electron chi connectivity index (χ4n) is 2.68. The second kappa shape index (κ2) is 11.8. The van der Waals surface area contributed by atoms with Crippen molar-refractivity contribution >= 4 is 18.0 Å². The van der Waals surface area contributed by atoms with Gasteiger partial charge >= 0.3 is 24.1 Å². The van der Waals surface area contributed by atoms with Gasteiger partial charge in [-0.25, -0.2) is 14.4 Å². The maximum absolute atomic E-state index is 11.9. The molecule has 0 aliphatic carbocycles. The first-order valence-corrected chi connectivity index (χ1v) is 9.03. The lowest BCUT2D eigenvalue weighted by Crippen LogP contribution is -2.47. The standard InChI is InChI=1S/C17H23N3O3.C2HF3O2/c1-2-8-20-9-6-15(7-10-20)19-17(23)18-12-13-4-3-5-14(11-13)16(21)22;3-2(4,5)1(6)7/h2-5,11,15H,1,6-10,12H2,(H,21,22)(H2,18,19,23);(H,6,7). The van der Waals surface area contributed by atoms with Gasteiger partial charge in [-0.15, -0.1) is 6.58 Å². The topological polar surface area (TPSA) is 119 Å². The number of piperidine rings is 1. The van der Waals surface area contributed by atoms with Crippen LogP contribution in [0.15, 0.2) is 36.9 Å². The van der Waals surface area contributed by atoms with Gasteiger partial charge in [0.2, 0.25) is 0 Å². The van der Waals surface area contributed by atoms with Crippen LogP contribution >= 0.6 is 0 Å². The number of urea groups is 1. The van der Waals surface area contributed by atoms with E-state index in [0.717, 1.165) is 38.0 Å².